The fraction of sp³-hybridized carbons (Fsp3) is 0.391. The highest BCUT2D eigenvalue weighted by Crippen LogP contribution is 2.58. The summed E-state index contributed by atoms with van der Waals surface area (Å²) in [7, 11) is 1.52. The second kappa shape index (κ2) is 7.70. The molecule has 1 saturated carbocycles. The van der Waals surface area contributed by atoms with Gasteiger partial charge in [-0.05, 0) is 24.3 Å². The number of carbonyl (C=O) groups excluding carboxylic acids is 1. The van der Waals surface area contributed by atoms with Gasteiger partial charge in [0.1, 0.15) is 11.9 Å². The summed E-state index contributed by atoms with van der Waals surface area (Å²) < 4.78 is 6.29. The number of halogens is 1. The van der Waals surface area contributed by atoms with Crippen molar-refractivity contribution in [1.82, 2.24) is 5.06 Å². The van der Waals surface area contributed by atoms with Gasteiger partial charge in [-0.15, -0.1) is 0 Å². The molecule has 1 aliphatic carbocycles. The maximum absolute atomic E-state index is 13.1. The molecule has 0 aliphatic heterocycles. The van der Waals surface area contributed by atoms with Crippen molar-refractivity contribution >= 4 is 23.2 Å². The fourth-order valence-electron chi connectivity index (χ4n) is 4.82. The zero-order valence-corrected chi connectivity index (χ0v) is 18.0. The largest absolute Gasteiger partial charge is 0.489 e. The Hall–Kier alpha value is -2.55. The third-order valence-corrected chi connectivity index (χ3v) is 6.01. The highest BCUT2D eigenvalue weighted by atomic mass is 35.5. The molecule has 1 amide bonds. The van der Waals surface area contributed by atoms with Gasteiger partial charge < -0.3 is 4.74 Å². The summed E-state index contributed by atoms with van der Waals surface area (Å²) in [5, 5.41) is 1.83. The zero-order valence-electron chi connectivity index (χ0n) is 17.3. The highest BCUT2D eigenvalue weighted by molar-refractivity contribution is 6.33. The normalized spacial score (nSPS) is 21.6. The molecule has 1 fully saturated rings. The first-order chi connectivity index (χ1) is 13.6. The standard InChI is InChI=1S/C23H25ClN2O3/c1-22(2)20(26(28-6)19(27)15-10-8-7-9-11-15)23(3,4)21(22)29-16-12-13-18(25-5)17(24)14-16/h7-14,20-21H,1-4,6H3. The summed E-state index contributed by atoms with van der Waals surface area (Å²) in [5.74, 6) is 0.424. The summed E-state index contributed by atoms with van der Waals surface area (Å²) in [6.07, 6.45) is -0.184. The Morgan fingerprint density at radius 2 is 1.72 bits per heavy atom. The van der Waals surface area contributed by atoms with E-state index in [1.807, 2.05) is 18.2 Å². The van der Waals surface area contributed by atoms with E-state index in [1.165, 1.54) is 12.2 Å². The Morgan fingerprint density at radius 3 is 2.24 bits per heavy atom. The summed E-state index contributed by atoms with van der Waals surface area (Å²) >= 11 is 6.16. The summed E-state index contributed by atoms with van der Waals surface area (Å²) in [5.41, 5.74) is 0.207. The van der Waals surface area contributed by atoms with Gasteiger partial charge in [0, 0.05) is 16.4 Å². The molecular formula is C23H25ClN2O3. The highest BCUT2D eigenvalue weighted by Gasteiger charge is 2.67. The van der Waals surface area contributed by atoms with Gasteiger partial charge in [-0.3, -0.25) is 9.63 Å². The molecule has 2 aromatic rings. The van der Waals surface area contributed by atoms with Crippen LogP contribution in [0.25, 0.3) is 4.85 Å². The summed E-state index contributed by atoms with van der Waals surface area (Å²) in [6, 6.07) is 14.0. The van der Waals surface area contributed by atoms with Crippen LogP contribution in [0.3, 0.4) is 0 Å². The van der Waals surface area contributed by atoms with Gasteiger partial charge in [0.05, 0.1) is 24.7 Å². The van der Waals surface area contributed by atoms with E-state index in [-0.39, 0.29) is 28.9 Å². The number of hydrogen-bond acceptors (Lipinski definition) is 3. The van der Waals surface area contributed by atoms with Crippen molar-refractivity contribution in [1.29, 1.82) is 0 Å². The molecule has 0 atom stereocenters. The van der Waals surface area contributed by atoms with Crippen LogP contribution in [0.4, 0.5) is 5.69 Å². The van der Waals surface area contributed by atoms with Gasteiger partial charge in [0.15, 0.2) is 0 Å². The third-order valence-electron chi connectivity index (χ3n) is 5.71. The second-order valence-electron chi connectivity index (χ2n) is 8.45. The number of hydrogen-bond donors (Lipinski definition) is 0. The molecule has 0 radical (unpaired) electrons. The number of ether oxygens (including phenoxy) is 1. The van der Waals surface area contributed by atoms with Crippen molar-refractivity contribution in [3.05, 3.63) is 70.5 Å². The lowest BCUT2D eigenvalue weighted by Crippen LogP contribution is -2.75. The average Bonchev–Trinajstić information content (AvgIpc) is 2.69. The van der Waals surface area contributed by atoms with E-state index in [0.717, 1.165) is 0 Å². The van der Waals surface area contributed by atoms with E-state index < -0.39 is 0 Å². The quantitative estimate of drug-likeness (QED) is 0.462. The number of nitrogens with zero attached hydrogens (tertiary/aromatic N) is 2. The van der Waals surface area contributed by atoms with Crippen molar-refractivity contribution in [3.63, 3.8) is 0 Å². The van der Waals surface area contributed by atoms with Crippen molar-refractivity contribution in [3.8, 4) is 5.75 Å². The zero-order chi connectivity index (χ0) is 21.4. The van der Waals surface area contributed by atoms with Crippen LogP contribution in [0.2, 0.25) is 5.02 Å². The Kier molecular flexibility index (Phi) is 5.62. The van der Waals surface area contributed by atoms with Crippen molar-refractivity contribution in [2.75, 3.05) is 7.11 Å². The molecule has 0 N–H and O–H groups in total. The molecule has 2 aromatic carbocycles. The molecule has 0 spiro atoms. The summed E-state index contributed by atoms with van der Waals surface area (Å²) in [4.78, 5) is 22.0. The Balaban J connectivity index is 1.86. The lowest BCUT2D eigenvalue weighted by atomic mass is 9.49. The van der Waals surface area contributed by atoms with Crippen LogP contribution in [0.5, 0.6) is 5.75 Å². The molecule has 3 rings (SSSR count). The average molecular weight is 413 g/mol. The Morgan fingerprint density at radius 1 is 1.10 bits per heavy atom. The number of rotatable bonds is 5. The lowest BCUT2D eigenvalue weighted by Gasteiger charge is -2.64. The first-order valence-corrected chi connectivity index (χ1v) is 9.78. The van der Waals surface area contributed by atoms with Gasteiger partial charge in [-0.2, -0.15) is 0 Å². The molecule has 0 saturated heterocycles. The fourth-order valence-corrected chi connectivity index (χ4v) is 5.03. The monoisotopic (exact) mass is 412 g/mol. The van der Waals surface area contributed by atoms with Gasteiger partial charge in [0.2, 0.25) is 5.69 Å². The molecular weight excluding hydrogens is 388 g/mol. The third kappa shape index (κ3) is 3.59. The first-order valence-electron chi connectivity index (χ1n) is 9.41. The Labute approximate surface area is 177 Å². The van der Waals surface area contributed by atoms with Crippen LogP contribution >= 0.6 is 11.6 Å². The smallest absolute Gasteiger partial charge is 0.277 e. The van der Waals surface area contributed by atoms with E-state index >= 15 is 0 Å². The predicted octanol–water partition coefficient (Wildman–Crippen LogP) is 5.78. The molecule has 6 heteroatoms. The molecule has 29 heavy (non-hydrogen) atoms. The van der Waals surface area contributed by atoms with Gasteiger partial charge in [0.25, 0.3) is 5.91 Å². The minimum absolute atomic E-state index is 0.179. The maximum atomic E-state index is 13.1. The number of carbonyl (C=O) groups is 1. The van der Waals surface area contributed by atoms with Gasteiger partial charge in [-0.25, -0.2) is 9.91 Å². The minimum atomic E-state index is -0.380. The van der Waals surface area contributed by atoms with Gasteiger partial charge in [-0.1, -0.05) is 63.6 Å². The van der Waals surface area contributed by atoms with Crippen LogP contribution in [0.1, 0.15) is 38.1 Å². The van der Waals surface area contributed by atoms with Crippen LogP contribution in [-0.4, -0.2) is 30.2 Å². The maximum Gasteiger partial charge on any atom is 0.277 e. The van der Waals surface area contributed by atoms with Crippen molar-refractivity contribution < 1.29 is 14.4 Å². The SMILES string of the molecule is [C-]#[N+]c1ccc(OC2C(C)(C)C(N(OC)C(=O)c3ccccc3)C2(C)C)cc1Cl. The van der Waals surface area contributed by atoms with E-state index in [9.17, 15) is 4.79 Å². The van der Waals surface area contributed by atoms with E-state index in [0.29, 0.717) is 22.0 Å². The van der Waals surface area contributed by atoms with Crippen molar-refractivity contribution in [2.24, 2.45) is 10.8 Å². The number of hydroxylamine groups is 2. The minimum Gasteiger partial charge on any atom is -0.489 e. The van der Waals surface area contributed by atoms with Crippen LogP contribution < -0.4 is 4.74 Å². The molecule has 0 heterocycles. The molecule has 152 valence electrons. The molecule has 0 bridgehead atoms. The molecule has 1 aliphatic rings. The summed E-state index contributed by atoms with van der Waals surface area (Å²) in [6.45, 7) is 15.4. The number of amides is 1. The number of benzene rings is 2. The lowest BCUT2D eigenvalue weighted by molar-refractivity contribution is -0.273. The van der Waals surface area contributed by atoms with E-state index in [2.05, 4.69) is 32.5 Å². The van der Waals surface area contributed by atoms with E-state index in [1.54, 1.807) is 30.3 Å². The Bertz CT molecular complexity index is 934. The molecule has 0 unspecified atom stereocenters. The van der Waals surface area contributed by atoms with E-state index in [4.69, 9.17) is 27.7 Å². The predicted molar refractivity (Wildman–Crippen MR) is 113 cm³/mol. The second-order valence-corrected chi connectivity index (χ2v) is 8.85. The van der Waals surface area contributed by atoms with Crippen LogP contribution in [0, 0.1) is 17.4 Å². The van der Waals surface area contributed by atoms with Crippen molar-refractivity contribution in [2.45, 2.75) is 39.8 Å². The van der Waals surface area contributed by atoms with Crippen LogP contribution in [-0.2, 0) is 4.84 Å². The topological polar surface area (TPSA) is 43.1 Å². The van der Waals surface area contributed by atoms with Gasteiger partial charge >= 0.3 is 0 Å². The first kappa shape index (κ1) is 21.2. The molecule has 5 nitrogen and oxygen atoms in total. The van der Waals surface area contributed by atoms with Crippen LogP contribution in [0.15, 0.2) is 48.5 Å². The molecule has 0 aromatic heterocycles.